The van der Waals surface area contributed by atoms with E-state index in [1.807, 2.05) is 31.2 Å². The molecule has 1 aromatic carbocycles. The third-order valence-electron chi connectivity index (χ3n) is 3.49. The van der Waals surface area contributed by atoms with E-state index in [0.29, 0.717) is 6.42 Å². The van der Waals surface area contributed by atoms with E-state index in [0.717, 1.165) is 28.9 Å². The maximum Gasteiger partial charge on any atom is 0.176 e. The molecule has 1 N–H and O–H groups in total. The molecule has 20 heavy (non-hydrogen) atoms. The first-order valence-electron chi connectivity index (χ1n) is 6.89. The molecule has 0 fully saturated rings. The first-order chi connectivity index (χ1) is 9.69. The second-order valence-corrected chi connectivity index (χ2v) is 4.88. The van der Waals surface area contributed by atoms with E-state index < -0.39 is 0 Å². The molecule has 0 aliphatic rings. The number of para-hydroxylation sites is 1. The number of hydrogen-bond donors (Lipinski definition) is 1. The molecule has 2 aromatic rings. The summed E-state index contributed by atoms with van der Waals surface area (Å²) in [4.78, 5) is 0. The predicted octanol–water partition coefficient (Wildman–Crippen LogP) is 3.78. The van der Waals surface area contributed by atoms with Crippen LogP contribution < -0.4 is 10.1 Å². The van der Waals surface area contributed by atoms with Crippen LogP contribution >= 0.6 is 0 Å². The standard InChI is InChI=1S/C16H20N2O2/c1-4-13(8-9-17)18-11(2)15-10-12-6-5-7-14(19-3)16(12)20-15/h5-7,10-11,13,18H,4,8H2,1-3H3. The molecule has 0 saturated heterocycles. The summed E-state index contributed by atoms with van der Waals surface area (Å²) in [6.45, 7) is 4.12. The minimum atomic E-state index is 0.0606. The van der Waals surface area contributed by atoms with Crippen LogP contribution in [-0.2, 0) is 0 Å². The highest BCUT2D eigenvalue weighted by molar-refractivity contribution is 5.83. The number of ether oxygens (including phenoxy) is 1. The summed E-state index contributed by atoms with van der Waals surface area (Å²) < 4.78 is 11.2. The van der Waals surface area contributed by atoms with Crippen molar-refractivity contribution in [1.82, 2.24) is 5.32 Å². The van der Waals surface area contributed by atoms with Crippen molar-refractivity contribution >= 4 is 11.0 Å². The molecular formula is C16H20N2O2. The monoisotopic (exact) mass is 272 g/mol. The Morgan fingerprint density at radius 2 is 2.25 bits per heavy atom. The summed E-state index contributed by atoms with van der Waals surface area (Å²) >= 11 is 0. The normalized spacial score (nSPS) is 13.9. The highest BCUT2D eigenvalue weighted by Gasteiger charge is 2.16. The van der Waals surface area contributed by atoms with Crippen molar-refractivity contribution in [3.63, 3.8) is 0 Å². The van der Waals surface area contributed by atoms with E-state index >= 15 is 0 Å². The molecule has 1 aromatic heterocycles. The molecule has 0 aliphatic heterocycles. The number of nitrogens with zero attached hydrogens (tertiary/aromatic N) is 1. The molecule has 4 nitrogen and oxygen atoms in total. The van der Waals surface area contributed by atoms with Crippen molar-refractivity contribution in [3.05, 3.63) is 30.0 Å². The quantitative estimate of drug-likeness (QED) is 0.869. The fraction of sp³-hybridized carbons (Fsp3) is 0.438. The topological polar surface area (TPSA) is 58.2 Å². The lowest BCUT2D eigenvalue weighted by Gasteiger charge is -2.18. The lowest BCUT2D eigenvalue weighted by atomic mass is 10.1. The first-order valence-corrected chi connectivity index (χ1v) is 6.89. The van der Waals surface area contributed by atoms with Crippen molar-refractivity contribution in [2.45, 2.75) is 38.8 Å². The Hall–Kier alpha value is -1.99. The molecular weight excluding hydrogens is 252 g/mol. The smallest absolute Gasteiger partial charge is 0.176 e. The van der Waals surface area contributed by atoms with Crippen molar-refractivity contribution in [2.75, 3.05) is 7.11 Å². The first kappa shape index (κ1) is 14.4. The summed E-state index contributed by atoms with van der Waals surface area (Å²) in [6.07, 6.45) is 1.42. The average molecular weight is 272 g/mol. The zero-order valence-corrected chi connectivity index (χ0v) is 12.1. The SMILES string of the molecule is CCC(CC#N)NC(C)c1cc2cccc(OC)c2o1. The number of methoxy groups -OCH3 is 1. The van der Waals surface area contributed by atoms with Gasteiger partial charge in [-0.25, -0.2) is 0 Å². The van der Waals surface area contributed by atoms with Crippen LogP contribution in [0.25, 0.3) is 11.0 Å². The van der Waals surface area contributed by atoms with Gasteiger partial charge in [-0.05, 0) is 25.5 Å². The van der Waals surface area contributed by atoms with E-state index in [1.54, 1.807) is 7.11 Å². The van der Waals surface area contributed by atoms with Gasteiger partial charge in [0.2, 0.25) is 0 Å². The van der Waals surface area contributed by atoms with Crippen LogP contribution in [-0.4, -0.2) is 13.2 Å². The van der Waals surface area contributed by atoms with Crippen LogP contribution in [0.15, 0.2) is 28.7 Å². The summed E-state index contributed by atoms with van der Waals surface area (Å²) in [5.41, 5.74) is 0.770. The zero-order chi connectivity index (χ0) is 14.5. The van der Waals surface area contributed by atoms with Gasteiger partial charge >= 0.3 is 0 Å². The van der Waals surface area contributed by atoms with Gasteiger partial charge < -0.3 is 14.5 Å². The minimum Gasteiger partial charge on any atom is -0.493 e. The molecule has 4 heteroatoms. The molecule has 0 aliphatic carbocycles. The summed E-state index contributed by atoms with van der Waals surface area (Å²) in [7, 11) is 1.64. The lowest BCUT2D eigenvalue weighted by Crippen LogP contribution is -2.30. The minimum absolute atomic E-state index is 0.0606. The van der Waals surface area contributed by atoms with E-state index in [1.165, 1.54) is 0 Å². The van der Waals surface area contributed by atoms with Crippen LogP contribution in [0, 0.1) is 11.3 Å². The highest BCUT2D eigenvalue weighted by Crippen LogP contribution is 2.31. The summed E-state index contributed by atoms with van der Waals surface area (Å²) in [6, 6.07) is 10.3. The number of nitriles is 1. The Kier molecular flexibility index (Phi) is 4.65. The summed E-state index contributed by atoms with van der Waals surface area (Å²) in [5.74, 6) is 1.60. The van der Waals surface area contributed by atoms with Gasteiger partial charge in [-0.2, -0.15) is 5.26 Å². The van der Waals surface area contributed by atoms with Crippen molar-refractivity contribution in [3.8, 4) is 11.8 Å². The van der Waals surface area contributed by atoms with E-state index in [-0.39, 0.29) is 12.1 Å². The molecule has 2 unspecified atom stereocenters. The van der Waals surface area contributed by atoms with Gasteiger partial charge in [-0.3, -0.25) is 0 Å². The van der Waals surface area contributed by atoms with Crippen LogP contribution in [0.2, 0.25) is 0 Å². The molecule has 0 radical (unpaired) electrons. The molecule has 2 rings (SSSR count). The molecule has 1 heterocycles. The van der Waals surface area contributed by atoms with Gasteiger partial charge in [-0.15, -0.1) is 0 Å². The van der Waals surface area contributed by atoms with Gasteiger partial charge in [0.05, 0.1) is 25.6 Å². The molecule has 0 bridgehead atoms. The maximum absolute atomic E-state index is 8.80. The molecule has 2 atom stereocenters. The van der Waals surface area contributed by atoms with Gasteiger partial charge in [0.25, 0.3) is 0 Å². The second kappa shape index (κ2) is 6.44. The van der Waals surface area contributed by atoms with Gasteiger partial charge in [-0.1, -0.05) is 19.1 Å². The Balaban J connectivity index is 2.22. The third kappa shape index (κ3) is 2.94. The number of hydrogen-bond acceptors (Lipinski definition) is 4. The Labute approximate surface area is 119 Å². The zero-order valence-electron chi connectivity index (χ0n) is 12.1. The fourth-order valence-corrected chi connectivity index (χ4v) is 2.30. The van der Waals surface area contributed by atoms with E-state index in [2.05, 4.69) is 18.3 Å². The van der Waals surface area contributed by atoms with Gasteiger partial charge in [0, 0.05) is 11.4 Å². The van der Waals surface area contributed by atoms with Crippen molar-refractivity contribution < 1.29 is 9.15 Å². The summed E-state index contributed by atoms with van der Waals surface area (Å²) in [5, 5.41) is 13.3. The lowest BCUT2D eigenvalue weighted by molar-refractivity contribution is 0.381. The van der Waals surface area contributed by atoms with Crippen molar-refractivity contribution in [2.24, 2.45) is 0 Å². The maximum atomic E-state index is 8.80. The van der Waals surface area contributed by atoms with Crippen molar-refractivity contribution in [1.29, 1.82) is 5.26 Å². The Morgan fingerprint density at radius 1 is 1.45 bits per heavy atom. The Bertz CT molecular complexity index is 612. The van der Waals surface area contributed by atoms with Gasteiger partial charge in [0.1, 0.15) is 5.76 Å². The largest absolute Gasteiger partial charge is 0.493 e. The van der Waals surface area contributed by atoms with Crippen LogP contribution in [0.4, 0.5) is 0 Å². The van der Waals surface area contributed by atoms with Crippen LogP contribution in [0.3, 0.4) is 0 Å². The average Bonchev–Trinajstić information content (AvgIpc) is 2.90. The Morgan fingerprint density at radius 3 is 2.90 bits per heavy atom. The second-order valence-electron chi connectivity index (χ2n) is 4.88. The van der Waals surface area contributed by atoms with E-state index in [9.17, 15) is 0 Å². The van der Waals surface area contributed by atoms with Gasteiger partial charge in [0.15, 0.2) is 11.3 Å². The number of benzene rings is 1. The molecule has 0 saturated carbocycles. The van der Waals surface area contributed by atoms with Crippen LogP contribution in [0.1, 0.15) is 38.5 Å². The highest BCUT2D eigenvalue weighted by atomic mass is 16.5. The van der Waals surface area contributed by atoms with E-state index in [4.69, 9.17) is 14.4 Å². The number of nitrogens with one attached hydrogen (secondary N) is 1. The van der Waals surface area contributed by atoms with Crippen LogP contribution in [0.5, 0.6) is 5.75 Å². The third-order valence-corrected chi connectivity index (χ3v) is 3.49. The number of furan rings is 1. The molecule has 0 spiro atoms. The predicted molar refractivity (Wildman–Crippen MR) is 78.6 cm³/mol. The fourth-order valence-electron chi connectivity index (χ4n) is 2.30. The number of fused-ring (bicyclic) bond motifs is 1. The molecule has 106 valence electrons. The number of rotatable bonds is 6. The molecule has 0 amide bonds.